The number of nitriles is 1. The van der Waals surface area contributed by atoms with Crippen LogP contribution in [0, 0.1) is 16.7 Å². The fourth-order valence-corrected chi connectivity index (χ4v) is 7.32. The predicted molar refractivity (Wildman–Crippen MR) is 212 cm³/mol. The number of unbranched alkanes of at least 4 members (excludes halogenated alkanes) is 1. The minimum Gasteiger partial charge on any atom is -0.386 e. The second-order valence-electron chi connectivity index (χ2n) is 14.8. The van der Waals surface area contributed by atoms with Gasteiger partial charge in [0.05, 0.1) is 0 Å². The van der Waals surface area contributed by atoms with Gasteiger partial charge in [-0.1, -0.05) is 174 Å². The molecule has 270 valence electrons. The number of hydrogen-bond acceptors (Lipinski definition) is 6. The van der Waals surface area contributed by atoms with Crippen molar-refractivity contribution in [3.63, 3.8) is 0 Å². The third kappa shape index (κ3) is 6.75. The summed E-state index contributed by atoms with van der Waals surface area (Å²) in [7, 11) is 0. The minimum absolute atomic E-state index is 0.420. The van der Waals surface area contributed by atoms with Crippen molar-refractivity contribution in [2.24, 2.45) is 5.41 Å². The van der Waals surface area contributed by atoms with Crippen molar-refractivity contribution in [1.29, 1.82) is 5.26 Å². The number of aryl methyl sites for hydroxylation is 1. The number of hydrogen-bond donors (Lipinski definition) is 1. The summed E-state index contributed by atoms with van der Waals surface area (Å²) in [6.45, 7) is 8.50. The lowest BCUT2D eigenvalue weighted by atomic mass is 9.77. The van der Waals surface area contributed by atoms with Gasteiger partial charge in [-0.25, -0.2) is 9.67 Å². The Hall–Kier alpha value is -6.17. The highest BCUT2D eigenvalue weighted by Gasteiger charge is 2.42. The number of aliphatic hydroxyl groups excluding tert-OH is 1. The molecule has 1 atom stereocenters. The quantitative estimate of drug-likeness (QED) is 0.127. The molecule has 7 aromatic rings. The first-order chi connectivity index (χ1) is 26.3. The van der Waals surface area contributed by atoms with E-state index >= 15 is 0 Å². The van der Waals surface area contributed by atoms with Crippen LogP contribution in [0.2, 0.25) is 0 Å². The zero-order chi connectivity index (χ0) is 37.7. The molecule has 54 heavy (non-hydrogen) atoms. The van der Waals surface area contributed by atoms with Crippen molar-refractivity contribution in [2.45, 2.75) is 65.1 Å². The van der Waals surface area contributed by atoms with E-state index in [1.54, 1.807) is 0 Å². The molecule has 0 amide bonds. The zero-order valence-corrected chi connectivity index (χ0v) is 31.3. The summed E-state index contributed by atoms with van der Waals surface area (Å²) in [6, 6.07) is 50.2. The van der Waals surface area contributed by atoms with Gasteiger partial charge >= 0.3 is 0 Å². The van der Waals surface area contributed by atoms with Gasteiger partial charge in [-0.2, -0.15) is 5.26 Å². The molecule has 0 saturated heterocycles. The van der Waals surface area contributed by atoms with Gasteiger partial charge in [0.25, 0.3) is 0 Å². The van der Waals surface area contributed by atoms with Crippen LogP contribution in [-0.4, -0.2) is 34.9 Å². The molecule has 0 aliphatic heterocycles. The van der Waals surface area contributed by atoms with E-state index in [0.29, 0.717) is 23.8 Å². The van der Waals surface area contributed by atoms with Crippen LogP contribution >= 0.6 is 0 Å². The van der Waals surface area contributed by atoms with E-state index in [9.17, 15) is 10.4 Å². The normalized spacial score (nSPS) is 12.4. The summed E-state index contributed by atoms with van der Waals surface area (Å²) >= 11 is 0. The number of aromatic nitrogens is 6. The first-order valence-corrected chi connectivity index (χ1v) is 18.6. The molecular weight excluding hydrogens is 667 g/mol. The first kappa shape index (κ1) is 36.2. The van der Waals surface area contributed by atoms with Crippen LogP contribution in [0.1, 0.15) is 86.1 Å². The highest BCUT2D eigenvalue weighted by Crippen LogP contribution is 2.43. The maximum Gasteiger partial charge on any atom is 0.184 e. The highest BCUT2D eigenvalue weighted by atomic mass is 16.3. The molecule has 7 rings (SSSR count). The molecule has 8 nitrogen and oxygen atoms in total. The highest BCUT2D eigenvalue weighted by molar-refractivity contribution is 5.81. The standard InChI is InChI=1S/C46H45N7O/c1-5-6-26-41-48-42(43(54)45(2,3)4)40(31-47)52(41)32-33-27-29-34(30-28-33)38-24-16-17-25-39(38)44-49-50-51-53(44)46(35-18-10-7-11-19-35,36-20-12-8-13-21-36)37-22-14-9-15-23-37/h7-25,27-30,43,54H,5-6,26,32H2,1-4H3. The van der Waals surface area contributed by atoms with Crippen molar-refractivity contribution >= 4 is 0 Å². The van der Waals surface area contributed by atoms with E-state index in [2.05, 4.69) is 127 Å². The Morgan fingerprint density at radius 3 is 1.78 bits per heavy atom. The molecule has 0 aliphatic rings. The van der Waals surface area contributed by atoms with E-state index in [-0.39, 0.29) is 0 Å². The van der Waals surface area contributed by atoms with Gasteiger partial charge < -0.3 is 9.67 Å². The number of tetrazole rings is 1. The van der Waals surface area contributed by atoms with Crippen LogP contribution in [0.25, 0.3) is 22.5 Å². The molecule has 0 bridgehead atoms. The predicted octanol–water partition coefficient (Wildman–Crippen LogP) is 9.39. The van der Waals surface area contributed by atoms with Crippen LogP contribution < -0.4 is 0 Å². The number of imidazole rings is 1. The molecule has 2 heterocycles. The Bertz CT molecular complexity index is 2250. The maximum atomic E-state index is 11.2. The van der Waals surface area contributed by atoms with Gasteiger partial charge in [-0.15, -0.1) is 5.10 Å². The Kier molecular flexibility index (Phi) is 10.3. The molecule has 5 aromatic carbocycles. The first-order valence-electron chi connectivity index (χ1n) is 18.6. The van der Waals surface area contributed by atoms with Crippen LogP contribution in [0.5, 0.6) is 0 Å². The van der Waals surface area contributed by atoms with Crippen molar-refractivity contribution in [3.05, 3.63) is 179 Å². The topological polar surface area (TPSA) is 105 Å². The van der Waals surface area contributed by atoms with E-state index in [1.165, 1.54) is 0 Å². The lowest BCUT2D eigenvalue weighted by molar-refractivity contribution is 0.0588. The molecule has 0 radical (unpaired) electrons. The minimum atomic E-state index is -0.877. The Labute approximate surface area is 317 Å². The molecule has 2 aromatic heterocycles. The van der Waals surface area contributed by atoms with Crippen molar-refractivity contribution < 1.29 is 5.11 Å². The fraction of sp³-hybridized carbons (Fsp3) is 0.239. The number of benzene rings is 5. The Morgan fingerprint density at radius 2 is 1.26 bits per heavy atom. The summed E-state index contributed by atoms with van der Waals surface area (Å²) < 4.78 is 3.94. The molecule has 0 aliphatic carbocycles. The summed E-state index contributed by atoms with van der Waals surface area (Å²) in [6.07, 6.45) is 1.83. The van der Waals surface area contributed by atoms with Crippen molar-refractivity contribution in [3.8, 4) is 28.6 Å². The number of nitrogens with zero attached hydrogens (tertiary/aromatic N) is 7. The van der Waals surface area contributed by atoms with Gasteiger partial charge in [0, 0.05) is 18.5 Å². The fourth-order valence-electron chi connectivity index (χ4n) is 7.32. The third-order valence-electron chi connectivity index (χ3n) is 10.1. The van der Waals surface area contributed by atoms with Crippen LogP contribution in [0.4, 0.5) is 0 Å². The van der Waals surface area contributed by atoms with Gasteiger partial charge in [-0.3, -0.25) is 0 Å². The monoisotopic (exact) mass is 711 g/mol. The molecular formula is C46H45N7O. The zero-order valence-electron chi connectivity index (χ0n) is 31.3. The largest absolute Gasteiger partial charge is 0.386 e. The average molecular weight is 712 g/mol. The van der Waals surface area contributed by atoms with Crippen LogP contribution in [-0.2, 0) is 18.5 Å². The lowest BCUT2D eigenvalue weighted by Crippen LogP contribution is -2.39. The van der Waals surface area contributed by atoms with Gasteiger partial charge in [0.15, 0.2) is 5.82 Å². The molecule has 0 saturated carbocycles. The smallest absolute Gasteiger partial charge is 0.184 e. The number of aliphatic hydroxyl groups is 1. The molecule has 8 heteroatoms. The maximum absolute atomic E-state index is 11.2. The molecule has 0 fully saturated rings. The second kappa shape index (κ2) is 15.4. The van der Waals surface area contributed by atoms with Crippen LogP contribution in [0.15, 0.2) is 140 Å². The third-order valence-corrected chi connectivity index (χ3v) is 10.1. The lowest BCUT2D eigenvalue weighted by Gasteiger charge is -2.36. The summed E-state index contributed by atoms with van der Waals surface area (Å²) in [4.78, 5) is 4.85. The second-order valence-corrected chi connectivity index (χ2v) is 14.8. The van der Waals surface area contributed by atoms with Crippen molar-refractivity contribution in [2.75, 3.05) is 0 Å². The van der Waals surface area contributed by atoms with E-state index in [0.717, 1.165) is 64.0 Å². The van der Waals surface area contributed by atoms with E-state index < -0.39 is 17.1 Å². The molecule has 1 unspecified atom stereocenters. The van der Waals surface area contributed by atoms with Crippen LogP contribution in [0.3, 0.4) is 0 Å². The van der Waals surface area contributed by atoms with E-state index in [1.807, 2.05) is 60.4 Å². The number of rotatable bonds is 12. The van der Waals surface area contributed by atoms with E-state index in [4.69, 9.17) is 15.3 Å². The van der Waals surface area contributed by atoms with Gasteiger partial charge in [-0.05, 0) is 55.6 Å². The Balaban J connectivity index is 1.32. The molecule has 0 spiro atoms. The SMILES string of the molecule is CCCCc1nc(C(O)C(C)(C)C)c(C#N)n1Cc1ccc(-c2ccccc2-c2nnnn2C(c2ccccc2)(c2ccccc2)c2ccccc2)cc1. The molecule has 1 N–H and O–H groups in total. The Morgan fingerprint density at radius 1 is 0.722 bits per heavy atom. The van der Waals surface area contributed by atoms with Crippen molar-refractivity contribution in [1.82, 2.24) is 29.8 Å². The summed E-state index contributed by atoms with van der Waals surface area (Å²) in [5.41, 5.74) is 6.56. The van der Waals surface area contributed by atoms with Gasteiger partial charge in [0.2, 0.25) is 0 Å². The van der Waals surface area contributed by atoms with Gasteiger partial charge in [0.1, 0.15) is 34.9 Å². The summed E-state index contributed by atoms with van der Waals surface area (Å²) in [5.74, 6) is 1.46. The average Bonchev–Trinajstić information content (AvgIpc) is 3.83. The summed E-state index contributed by atoms with van der Waals surface area (Å²) in [5, 5.41) is 35.3.